The summed E-state index contributed by atoms with van der Waals surface area (Å²) in [4.78, 5) is 0. The molecule has 0 bridgehead atoms. The van der Waals surface area contributed by atoms with Gasteiger partial charge >= 0.3 is 0 Å². The fraction of sp³-hybridized carbons (Fsp3) is 0.280. The highest BCUT2D eigenvalue weighted by molar-refractivity contribution is 6.08. The average molecular weight is 371 g/mol. The van der Waals surface area contributed by atoms with Gasteiger partial charge in [0.25, 0.3) is 0 Å². The number of aliphatic hydroxyl groups is 1. The van der Waals surface area contributed by atoms with Gasteiger partial charge in [0.1, 0.15) is 6.10 Å². The molecule has 1 fully saturated rings. The first-order chi connectivity index (χ1) is 13.8. The number of hydrogen-bond donors (Lipinski definition) is 1. The van der Waals surface area contributed by atoms with Gasteiger partial charge in [0.15, 0.2) is 0 Å². The monoisotopic (exact) mass is 371 g/mol. The second kappa shape index (κ2) is 7.42. The lowest BCUT2D eigenvalue weighted by Crippen LogP contribution is -2.40. The van der Waals surface area contributed by atoms with Crippen LogP contribution >= 0.6 is 0 Å². The SMILES string of the molecule is OC1C(OCc2ccccc2)CCCC1n1c2ccccc2c2ccccc21. The molecule has 142 valence electrons. The summed E-state index contributed by atoms with van der Waals surface area (Å²) in [5.74, 6) is 0. The van der Waals surface area contributed by atoms with E-state index in [9.17, 15) is 5.11 Å². The summed E-state index contributed by atoms with van der Waals surface area (Å²) in [5.41, 5.74) is 3.53. The molecule has 0 amide bonds. The van der Waals surface area contributed by atoms with Crippen molar-refractivity contribution in [3.05, 3.63) is 84.4 Å². The first-order valence-corrected chi connectivity index (χ1v) is 10.1. The topological polar surface area (TPSA) is 34.4 Å². The summed E-state index contributed by atoms with van der Waals surface area (Å²) in [6.07, 6.45) is 2.27. The number of aromatic nitrogens is 1. The maximum absolute atomic E-state index is 11.3. The van der Waals surface area contributed by atoms with Crippen molar-refractivity contribution in [3.8, 4) is 0 Å². The van der Waals surface area contributed by atoms with Gasteiger partial charge in [-0.3, -0.25) is 0 Å². The highest BCUT2D eigenvalue weighted by atomic mass is 16.5. The van der Waals surface area contributed by atoms with E-state index in [0.29, 0.717) is 6.61 Å². The van der Waals surface area contributed by atoms with Crippen LogP contribution in [0.1, 0.15) is 30.9 Å². The summed E-state index contributed by atoms with van der Waals surface area (Å²) in [6.45, 7) is 0.544. The maximum Gasteiger partial charge on any atom is 0.101 e. The summed E-state index contributed by atoms with van der Waals surface area (Å²) in [6, 6.07) is 27.2. The Hall–Kier alpha value is -2.62. The Kier molecular flexibility index (Phi) is 4.63. The van der Waals surface area contributed by atoms with Crippen LogP contribution in [0, 0.1) is 0 Å². The lowest BCUT2D eigenvalue weighted by atomic mass is 9.89. The number of para-hydroxylation sites is 2. The zero-order chi connectivity index (χ0) is 18.9. The number of rotatable bonds is 4. The fourth-order valence-corrected chi connectivity index (χ4v) is 4.67. The minimum absolute atomic E-state index is 0.0272. The van der Waals surface area contributed by atoms with Crippen molar-refractivity contribution in [1.29, 1.82) is 0 Å². The first-order valence-electron chi connectivity index (χ1n) is 10.1. The minimum Gasteiger partial charge on any atom is -0.388 e. The van der Waals surface area contributed by atoms with Crippen LogP contribution in [0.4, 0.5) is 0 Å². The van der Waals surface area contributed by atoms with Gasteiger partial charge < -0.3 is 14.4 Å². The van der Waals surface area contributed by atoms with E-state index < -0.39 is 6.10 Å². The molecule has 4 aromatic rings. The third-order valence-electron chi connectivity index (χ3n) is 6.02. The third-order valence-corrected chi connectivity index (χ3v) is 6.02. The molecule has 3 aromatic carbocycles. The van der Waals surface area contributed by atoms with Crippen molar-refractivity contribution >= 4 is 21.8 Å². The van der Waals surface area contributed by atoms with E-state index in [0.717, 1.165) is 24.8 Å². The van der Waals surface area contributed by atoms with Crippen molar-refractivity contribution < 1.29 is 9.84 Å². The van der Waals surface area contributed by atoms with Crippen molar-refractivity contribution in [3.63, 3.8) is 0 Å². The lowest BCUT2D eigenvalue weighted by Gasteiger charge is -2.36. The highest BCUT2D eigenvalue weighted by Gasteiger charge is 2.35. The Bertz CT molecular complexity index is 1030. The number of ether oxygens (including phenoxy) is 1. The average Bonchev–Trinajstić information content (AvgIpc) is 3.08. The lowest BCUT2D eigenvalue weighted by molar-refractivity contribution is -0.0858. The molecule has 0 aliphatic heterocycles. The van der Waals surface area contributed by atoms with Crippen LogP contribution in [0.15, 0.2) is 78.9 Å². The fourth-order valence-electron chi connectivity index (χ4n) is 4.67. The van der Waals surface area contributed by atoms with Crippen LogP contribution in [0.5, 0.6) is 0 Å². The van der Waals surface area contributed by atoms with Crippen molar-refractivity contribution in [1.82, 2.24) is 4.57 Å². The smallest absolute Gasteiger partial charge is 0.101 e. The predicted octanol–water partition coefficient (Wildman–Crippen LogP) is 5.47. The molecule has 3 heteroatoms. The van der Waals surface area contributed by atoms with Gasteiger partial charge in [-0.15, -0.1) is 0 Å². The van der Waals surface area contributed by atoms with E-state index >= 15 is 0 Å². The molecule has 1 saturated carbocycles. The largest absolute Gasteiger partial charge is 0.388 e. The van der Waals surface area contributed by atoms with E-state index in [2.05, 4.69) is 65.2 Å². The molecule has 0 saturated heterocycles. The third kappa shape index (κ3) is 3.01. The number of aliphatic hydroxyl groups excluding tert-OH is 1. The molecule has 3 unspecified atom stereocenters. The molecular weight excluding hydrogens is 346 g/mol. The van der Waals surface area contributed by atoms with E-state index in [1.54, 1.807) is 0 Å². The molecular formula is C25H25NO2. The molecule has 1 N–H and O–H groups in total. The summed E-state index contributed by atoms with van der Waals surface area (Å²) >= 11 is 0. The van der Waals surface area contributed by atoms with Crippen LogP contribution in [0.25, 0.3) is 21.8 Å². The second-order valence-electron chi connectivity index (χ2n) is 7.73. The van der Waals surface area contributed by atoms with Gasteiger partial charge in [0, 0.05) is 21.8 Å². The molecule has 0 radical (unpaired) electrons. The Morgan fingerprint density at radius 3 is 2.07 bits per heavy atom. The van der Waals surface area contributed by atoms with Gasteiger partial charge in [-0.05, 0) is 37.0 Å². The maximum atomic E-state index is 11.3. The summed E-state index contributed by atoms with van der Waals surface area (Å²) < 4.78 is 8.51. The molecule has 1 aliphatic rings. The molecule has 3 nitrogen and oxygen atoms in total. The van der Waals surface area contributed by atoms with E-state index in [4.69, 9.17) is 4.74 Å². The quantitative estimate of drug-likeness (QED) is 0.516. The summed E-state index contributed by atoms with van der Waals surface area (Å²) in [7, 11) is 0. The van der Waals surface area contributed by atoms with Gasteiger partial charge in [-0.1, -0.05) is 66.7 Å². The molecule has 3 atom stereocenters. The molecule has 1 aromatic heterocycles. The Labute approximate surface area is 165 Å². The van der Waals surface area contributed by atoms with Crippen LogP contribution < -0.4 is 0 Å². The van der Waals surface area contributed by atoms with Crippen LogP contribution in [-0.4, -0.2) is 21.9 Å². The van der Waals surface area contributed by atoms with E-state index in [1.807, 2.05) is 18.2 Å². The number of nitrogens with zero attached hydrogens (tertiary/aromatic N) is 1. The van der Waals surface area contributed by atoms with Crippen molar-refractivity contribution in [2.24, 2.45) is 0 Å². The van der Waals surface area contributed by atoms with Crippen molar-refractivity contribution in [2.75, 3.05) is 0 Å². The molecule has 0 spiro atoms. The molecule has 5 rings (SSSR count). The number of fused-ring (bicyclic) bond motifs is 3. The standard InChI is InChI=1S/C25H25NO2/c27-25-23(15-8-16-24(25)28-17-18-9-2-1-3-10-18)26-21-13-6-4-11-19(21)20-12-5-7-14-22(20)26/h1-7,9-14,23-25,27H,8,15-17H2. The van der Waals surface area contributed by atoms with E-state index in [1.165, 1.54) is 21.8 Å². The molecule has 28 heavy (non-hydrogen) atoms. The van der Waals surface area contributed by atoms with Crippen molar-refractivity contribution in [2.45, 2.75) is 44.1 Å². The van der Waals surface area contributed by atoms with Crippen LogP contribution in [0.3, 0.4) is 0 Å². The molecule has 1 heterocycles. The normalized spacial score (nSPS) is 22.7. The zero-order valence-electron chi connectivity index (χ0n) is 15.9. The predicted molar refractivity (Wildman–Crippen MR) is 113 cm³/mol. The Morgan fingerprint density at radius 1 is 0.786 bits per heavy atom. The van der Waals surface area contributed by atoms with Gasteiger partial charge in [0.05, 0.1) is 18.8 Å². The number of hydrogen-bond acceptors (Lipinski definition) is 2. The first kappa shape index (κ1) is 17.5. The second-order valence-corrected chi connectivity index (χ2v) is 7.73. The highest BCUT2D eigenvalue weighted by Crippen LogP contribution is 2.38. The Morgan fingerprint density at radius 2 is 1.39 bits per heavy atom. The van der Waals surface area contributed by atoms with Gasteiger partial charge in [-0.25, -0.2) is 0 Å². The van der Waals surface area contributed by atoms with Crippen LogP contribution in [-0.2, 0) is 11.3 Å². The zero-order valence-corrected chi connectivity index (χ0v) is 15.9. The minimum atomic E-state index is -0.517. The summed E-state index contributed by atoms with van der Waals surface area (Å²) in [5, 5.41) is 13.7. The van der Waals surface area contributed by atoms with Gasteiger partial charge in [-0.2, -0.15) is 0 Å². The van der Waals surface area contributed by atoms with Crippen LogP contribution in [0.2, 0.25) is 0 Å². The van der Waals surface area contributed by atoms with Gasteiger partial charge in [0.2, 0.25) is 0 Å². The van der Waals surface area contributed by atoms with E-state index in [-0.39, 0.29) is 12.1 Å². The Balaban J connectivity index is 1.48. The molecule has 1 aliphatic carbocycles. The number of benzene rings is 3.